The predicted octanol–water partition coefficient (Wildman–Crippen LogP) is 2.78. The van der Waals surface area contributed by atoms with E-state index in [2.05, 4.69) is 15.9 Å². The summed E-state index contributed by atoms with van der Waals surface area (Å²) in [5.41, 5.74) is 5.99. The van der Waals surface area contributed by atoms with Crippen LogP contribution in [0.15, 0.2) is 15.9 Å². The van der Waals surface area contributed by atoms with Gasteiger partial charge in [-0.1, -0.05) is 0 Å². The standard InChI is InChI=1S/C13H19BrN2OS/c1-9(15)11-4-2-3-7-16(11)13(17)8-10-5-6-12(14)18-10/h5-6,9,11H,2-4,7-8,15H2,1H3. The van der Waals surface area contributed by atoms with Gasteiger partial charge in [-0.25, -0.2) is 0 Å². The molecule has 100 valence electrons. The molecule has 2 rings (SSSR count). The van der Waals surface area contributed by atoms with Crippen LogP contribution in [0.3, 0.4) is 0 Å². The molecule has 1 aromatic rings. The molecule has 2 heterocycles. The van der Waals surface area contributed by atoms with Gasteiger partial charge in [0.1, 0.15) is 0 Å². The molecular formula is C13H19BrN2OS. The van der Waals surface area contributed by atoms with E-state index in [4.69, 9.17) is 5.73 Å². The summed E-state index contributed by atoms with van der Waals surface area (Å²) in [5.74, 6) is 0.214. The van der Waals surface area contributed by atoms with E-state index in [9.17, 15) is 4.79 Å². The van der Waals surface area contributed by atoms with Gasteiger partial charge >= 0.3 is 0 Å². The molecule has 0 aliphatic carbocycles. The molecule has 0 bridgehead atoms. The van der Waals surface area contributed by atoms with Crippen molar-refractivity contribution >= 4 is 33.2 Å². The molecule has 1 aromatic heterocycles. The SMILES string of the molecule is CC(N)C1CCCCN1C(=O)Cc1ccc(Br)s1. The highest BCUT2D eigenvalue weighted by Crippen LogP contribution is 2.25. The zero-order valence-electron chi connectivity index (χ0n) is 10.6. The van der Waals surface area contributed by atoms with E-state index in [0.29, 0.717) is 6.42 Å². The third-order valence-electron chi connectivity index (χ3n) is 3.43. The Kier molecular flexibility index (Phi) is 4.81. The zero-order valence-corrected chi connectivity index (χ0v) is 13.0. The molecule has 2 unspecified atom stereocenters. The first-order valence-electron chi connectivity index (χ1n) is 6.37. The number of rotatable bonds is 3. The maximum atomic E-state index is 12.4. The predicted molar refractivity (Wildman–Crippen MR) is 78.7 cm³/mol. The van der Waals surface area contributed by atoms with Crippen molar-refractivity contribution in [3.05, 3.63) is 20.8 Å². The van der Waals surface area contributed by atoms with Crippen molar-refractivity contribution in [2.24, 2.45) is 5.73 Å². The highest BCUT2D eigenvalue weighted by Gasteiger charge is 2.29. The van der Waals surface area contributed by atoms with Crippen molar-refractivity contribution in [1.82, 2.24) is 4.90 Å². The van der Waals surface area contributed by atoms with Crippen molar-refractivity contribution in [3.8, 4) is 0 Å². The number of carbonyl (C=O) groups excluding carboxylic acids is 1. The summed E-state index contributed by atoms with van der Waals surface area (Å²) in [5, 5.41) is 0. The Morgan fingerprint density at radius 3 is 3.00 bits per heavy atom. The summed E-state index contributed by atoms with van der Waals surface area (Å²) in [6.07, 6.45) is 3.82. The molecule has 1 fully saturated rings. The number of carbonyl (C=O) groups is 1. The topological polar surface area (TPSA) is 46.3 Å². The van der Waals surface area contributed by atoms with E-state index >= 15 is 0 Å². The lowest BCUT2D eigenvalue weighted by molar-refractivity contribution is -0.134. The molecule has 1 aliphatic heterocycles. The minimum absolute atomic E-state index is 0.0596. The molecule has 2 atom stereocenters. The van der Waals surface area contributed by atoms with Crippen LogP contribution >= 0.6 is 27.3 Å². The van der Waals surface area contributed by atoms with Gasteiger partial charge in [-0.15, -0.1) is 11.3 Å². The fraction of sp³-hybridized carbons (Fsp3) is 0.615. The lowest BCUT2D eigenvalue weighted by Gasteiger charge is -2.38. The minimum atomic E-state index is 0.0596. The Balaban J connectivity index is 2.02. The fourth-order valence-electron chi connectivity index (χ4n) is 2.51. The van der Waals surface area contributed by atoms with Gasteiger partial charge in [-0.2, -0.15) is 0 Å². The van der Waals surface area contributed by atoms with Gasteiger partial charge in [0.05, 0.1) is 10.2 Å². The summed E-state index contributed by atoms with van der Waals surface area (Å²) >= 11 is 5.05. The van der Waals surface area contributed by atoms with Gasteiger partial charge in [0.15, 0.2) is 0 Å². The van der Waals surface area contributed by atoms with E-state index in [0.717, 1.165) is 28.0 Å². The Bertz CT molecular complexity index is 419. The molecule has 5 heteroatoms. The van der Waals surface area contributed by atoms with E-state index in [1.54, 1.807) is 11.3 Å². The second-order valence-corrected chi connectivity index (χ2v) is 7.44. The maximum absolute atomic E-state index is 12.4. The van der Waals surface area contributed by atoms with Crippen molar-refractivity contribution in [2.75, 3.05) is 6.54 Å². The molecule has 18 heavy (non-hydrogen) atoms. The van der Waals surface area contributed by atoms with Crippen LogP contribution in [0.1, 0.15) is 31.1 Å². The quantitative estimate of drug-likeness (QED) is 0.926. The van der Waals surface area contributed by atoms with Crippen LogP contribution in [0.25, 0.3) is 0 Å². The Morgan fingerprint density at radius 2 is 2.39 bits per heavy atom. The first-order chi connectivity index (χ1) is 8.58. The molecule has 1 saturated heterocycles. The Morgan fingerprint density at radius 1 is 1.61 bits per heavy atom. The molecule has 0 saturated carbocycles. The highest BCUT2D eigenvalue weighted by molar-refractivity contribution is 9.11. The smallest absolute Gasteiger partial charge is 0.228 e. The number of nitrogens with zero attached hydrogens (tertiary/aromatic N) is 1. The van der Waals surface area contributed by atoms with Crippen molar-refractivity contribution < 1.29 is 4.79 Å². The summed E-state index contributed by atoms with van der Waals surface area (Å²) in [6.45, 7) is 2.86. The van der Waals surface area contributed by atoms with Gasteiger partial charge in [-0.05, 0) is 54.2 Å². The zero-order chi connectivity index (χ0) is 13.1. The van der Waals surface area contributed by atoms with E-state index in [1.807, 2.05) is 24.0 Å². The number of amides is 1. The van der Waals surface area contributed by atoms with Gasteiger partial charge in [-0.3, -0.25) is 4.79 Å². The van der Waals surface area contributed by atoms with E-state index in [1.165, 1.54) is 6.42 Å². The largest absolute Gasteiger partial charge is 0.338 e. The molecule has 1 aliphatic rings. The van der Waals surface area contributed by atoms with Gasteiger partial charge in [0.2, 0.25) is 5.91 Å². The fourth-order valence-corrected chi connectivity index (χ4v) is 3.99. The van der Waals surface area contributed by atoms with E-state index in [-0.39, 0.29) is 18.0 Å². The normalized spacial score (nSPS) is 21.9. The monoisotopic (exact) mass is 330 g/mol. The second-order valence-electron chi connectivity index (χ2n) is 4.89. The molecule has 2 N–H and O–H groups in total. The van der Waals surface area contributed by atoms with E-state index < -0.39 is 0 Å². The lowest BCUT2D eigenvalue weighted by atomic mass is 9.96. The maximum Gasteiger partial charge on any atom is 0.228 e. The van der Waals surface area contributed by atoms with Crippen molar-refractivity contribution in [2.45, 2.75) is 44.7 Å². The third-order valence-corrected chi connectivity index (χ3v) is 5.05. The van der Waals surface area contributed by atoms with Crippen LogP contribution in [0.5, 0.6) is 0 Å². The first-order valence-corrected chi connectivity index (χ1v) is 7.98. The average molecular weight is 331 g/mol. The summed E-state index contributed by atoms with van der Waals surface area (Å²) in [7, 11) is 0. The number of nitrogens with two attached hydrogens (primary N) is 1. The van der Waals surface area contributed by atoms with Crippen LogP contribution in [-0.4, -0.2) is 29.4 Å². The number of likely N-dealkylation sites (tertiary alicyclic amines) is 1. The van der Waals surface area contributed by atoms with Gasteiger partial charge < -0.3 is 10.6 Å². The lowest BCUT2D eigenvalue weighted by Crippen LogP contribution is -2.52. The number of piperidine rings is 1. The summed E-state index contributed by atoms with van der Waals surface area (Å²) < 4.78 is 1.08. The van der Waals surface area contributed by atoms with Crippen molar-refractivity contribution in [1.29, 1.82) is 0 Å². The van der Waals surface area contributed by atoms with Crippen LogP contribution in [0, 0.1) is 0 Å². The number of thiophene rings is 1. The first kappa shape index (κ1) is 14.0. The van der Waals surface area contributed by atoms with Crippen LogP contribution < -0.4 is 5.73 Å². The number of halogens is 1. The second kappa shape index (κ2) is 6.17. The van der Waals surface area contributed by atoms with Gasteiger partial charge in [0.25, 0.3) is 0 Å². The number of hydrogen-bond acceptors (Lipinski definition) is 3. The van der Waals surface area contributed by atoms with Crippen LogP contribution in [0.4, 0.5) is 0 Å². The summed E-state index contributed by atoms with van der Waals surface area (Å²) in [6, 6.07) is 4.28. The molecular weight excluding hydrogens is 312 g/mol. The summed E-state index contributed by atoms with van der Waals surface area (Å²) in [4.78, 5) is 15.5. The molecule has 1 amide bonds. The van der Waals surface area contributed by atoms with Crippen LogP contribution in [-0.2, 0) is 11.2 Å². The highest BCUT2D eigenvalue weighted by atomic mass is 79.9. The third kappa shape index (κ3) is 3.33. The molecule has 3 nitrogen and oxygen atoms in total. The minimum Gasteiger partial charge on any atom is -0.338 e. The molecule has 0 radical (unpaired) electrons. The molecule has 0 spiro atoms. The van der Waals surface area contributed by atoms with Crippen molar-refractivity contribution in [3.63, 3.8) is 0 Å². The Hall–Kier alpha value is -0.390. The average Bonchev–Trinajstić information content (AvgIpc) is 2.74. The molecule has 0 aromatic carbocycles. The number of hydrogen-bond donors (Lipinski definition) is 1. The Labute approximate surface area is 120 Å². The van der Waals surface area contributed by atoms with Gasteiger partial charge in [0, 0.05) is 23.5 Å². The van der Waals surface area contributed by atoms with Crippen LogP contribution in [0.2, 0.25) is 0 Å².